The highest BCUT2D eigenvalue weighted by atomic mass is 16.6. The van der Waals surface area contributed by atoms with Gasteiger partial charge in [0.25, 0.3) is 0 Å². The summed E-state index contributed by atoms with van der Waals surface area (Å²) in [5.41, 5.74) is 7.76. The van der Waals surface area contributed by atoms with E-state index >= 15 is 0 Å². The molecule has 0 atom stereocenters. The monoisotopic (exact) mass is 305 g/mol. The lowest BCUT2D eigenvalue weighted by Crippen LogP contribution is -2.50. The fourth-order valence-corrected chi connectivity index (χ4v) is 2.64. The quantitative estimate of drug-likeness (QED) is 0.930. The fourth-order valence-electron chi connectivity index (χ4n) is 2.64. The van der Waals surface area contributed by atoms with Gasteiger partial charge in [-0.2, -0.15) is 0 Å². The SMILES string of the molecule is CC(C)(C)OC(=O)N1CCN(c2ccccc2CCN)CC1. The molecule has 5 nitrogen and oxygen atoms in total. The number of piperazine rings is 1. The van der Waals surface area contributed by atoms with Crippen LogP contribution in [-0.4, -0.2) is 49.3 Å². The first-order valence-electron chi connectivity index (χ1n) is 7.91. The van der Waals surface area contributed by atoms with Crippen molar-refractivity contribution in [1.29, 1.82) is 0 Å². The highest BCUT2D eigenvalue weighted by molar-refractivity contribution is 5.68. The number of ether oxygens (including phenoxy) is 1. The van der Waals surface area contributed by atoms with Crippen molar-refractivity contribution in [2.75, 3.05) is 37.6 Å². The van der Waals surface area contributed by atoms with E-state index < -0.39 is 5.60 Å². The fraction of sp³-hybridized carbons (Fsp3) is 0.588. The second kappa shape index (κ2) is 7.01. The minimum Gasteiger partial charge on any atom is -0.444 e. The molecule has 1 aliphatic rings. The minimum atomic E-state index is -0.443. The maximum atomic E-state index is 12.1. The molecule has 0 aliphatic carbocycles. The Morgan fingerprint density at radius 1 is 1.18 bits per heavy atom. The van der Waals surface area contributed by atoms with Gasteiger partial charge in [0.1, 0.15) is 5.60 Å². The van der Waals surface area contributed by atoms with E-state index in [0.29, 0.717) is 19.6 Å². The lowest BCUT2D eigenvalue weighted by Gasteiger charge is -2.37. The van der Waals surface area contributed by atoms with Gasteiger partial charge in [0.2, 0.25) is 0 Å². The molecule has 0 saturated carbocycles. The van der Waals surface area contributed by atoms with Gasteiger partial charge < -0.3 is 20.3 Å². The number of nitrogens with zero attached hydrogens (tertiary/aromatic N) is 2. The van der Waals surface area contributed by atoms with Crippen molar-refractivity contribution in [3.63, 3.8) is 0 Å². The van der Waals surface area contributed by atoms with Gasteiger partial charge in [-0.05, 0) is 45.4 Å². The number of nitrogens with two attached hydrogens (primary N) is 1. The van der Waals surface area contributed by atoms with Gasteiger partial charge >= 0.3 is 6.09 Å². The Morgan fingerprint density at radius 2 is 1.82 bits per heavy atom. The third kappa shape index (κ3) is 4.37. The third-order valence-corrected chi connectivity index (χ3v) is 3.68. The average Bonchev–Trinajstić information content (AvgIpc) is 2.47. The summed E-state index contributed by atoms with van der Waals surface area (Å²) in [6.07, 6.45) is 0.657. The normalized spacial score (nSPS) is 15.8. The average molecular weight is 305 g/mol. The minimum absolute atomic E-state index is 0.220. The van der Waals surface area contributed by atoms with Crippen LogP contribution in [-0.2, 0) is 11.2 Å². The molecule has 22 heavy (non-hydrogen) atoms. The molecule has 1 aromatic rings. The van der Waals surface area contributed by atoms with Gasteiger partial charge in [0.15, 0.2) is 0 Å². The van der Waals surface area contributed by atoms with Crippen molar-refractivity contribution >= 4 is 11.8 Å². The van der Waals surface area contributed by atoms with Gasteiger partial charge in [0, 0.05) is 31.9 Å². The van der Waals surface area contributed by atoms with E-state index in [1.54, 1.807) is 4.90 Å². The van der Waals surface area contributed by atoms with Gasteiger partial charge in [0.05, 0.1) is 0 Å². The molecule has 122 valence electrons. The molecule has 1 aromatic carbocycles. The number of carbonyl (C=O) groups is 1. The van der Waals surface area contributed by atoms with Crippen LogP contribution in [0.2, 0.25) is 0 Å². The van der Waals surface area contributed by atoms with Crippen LogP contribution in [0, 0.1) is 0 Å². The summed E-state index contributed by atoms with van der Waals surface area (Å²) in [4.78, 5) is 16.2. The van der Waals surface area contributed by atoms with Crippen molar-refractivity contribution in [2.24, 2.45) is 5.73 Å². The van der Waals surface area contributed by atoms with Crippen LogP contribution >= 0.6 is 0 Å². The molecule has 2 N–H and O–H groups in total. The second-order valence-electron chi connectivity index (χ2n) is 6.62. The Hall–Kier alpha value is -1.75. The Labute approximate surface area is 133 Å². The smallest absolute Gasteiger partial charge is 0.410 e. The Morgan fingerprint density at radius 3 is 2.41 bits per heavy atom. The van der Waals surface area contributed by atoms with E-state index in [2.05, 4.69) is 23.1 Å². The predicted molar refractivity (Wildman–Crippen MR) is 89.2 cm³/mol. The number of carbonyl (C=O) groups excluding carboxylic acids is 1. The summed E-state index contributed by atoms with van der Waals surface area (Å²) in [7, 11) is 0. The lowest BCUT2D eigenvalue weighted by molar-refractivity contribution is 0.0240. The van der Waals surface area contributed by atoms with Crippen molar-refractivity contribution < 1.29 is 9.53 Å². The third-order valence-electron chi connectivity index (χ3n) is 3.68. The predicted octanol–water partition coefficient (Wildman–Crippen LogP) is 2.24. The molecule has 0 radical (unpaired) electrons. The molecule has 2 rings (SSSR count). The van der Waals surface area contributed by atoms with E-state index in [0.717, 1.165) is 19.5 Å². The van der Waals surface area contributed by atoms with Crippen LogP contribution in [0.15, 0.2) is 24.3 Å². The van der Waals surface area contributed by atoms with E-state index in [4.69, 9.17) is 10.5 Å². The summed E-state index contributed by atoms with van der Waals surface area (Å²) in [6, 6.07) is 8.36. The van der Waals surface area contributed by atoms with Crippen molar-refractivity contribution in [3.8, 4) is 0 Å². The zero-order valence-electron chi connectivity index (χ0n) is 13.8. The van der Waals surface area contributed by atoms with Gasteiger partial charge in [-0.1, -0.05) is 18.2 Å². The molecule has 1 fully saturated rings. The van der Waals surface area contributed by atoms with Crippen molar-refractivity contribution in [3.05, 3.63) is 29.8 Å². The molecule has 0 aromatic heterocycles. The molecule has 0 spiro atoms. The Balaban J connectivity index is 1.96. The summed E-state index contributed by atoms with van der Waals surface area (Å²) in [6.45, 7) is 9.34. The number of benzene rings is 1. The molecule has 5 heteroatoms. The lowest BCUT2D eigenvalue weighted by atomic mass is 10.1. The van der Waals surface area contributed by atoms with Crippen LogP contribution in [0.1, 0.15) is 26.3 Å². The van der Waals surface area contributed by atoms with Crippen LogP contribution in [0.25, 0.3) is 0 Å². The van der Waals surface area contributed by atoms with E-state index in [1.807, 2.05) is 26.8 Å². The molecule has 1 aliphatic heterocycles. The van der Waals surface area contributed by atoms with E-state index in [-0.39, 0.29) is 6.09 Å². The summed E-state index contributed by atoms with van der Waals surface area (Å²) < 4.78 is 5.43. The molecule has 1 saturated heterocycles. The van der Waals surface area contributed by atoms with E-state index in [9.17, 15) is 4.79 Å². The van der Waals surface area contributed by atoms with Crippen LogP contribution in [0.3, 0.4) is 0 Å². The number of hydrogen-bond donors (Lipinski definition) is 1. The summed E-state index contributed by atoms with van der Waals surface area (Å²) >= 11 is 0. The Bertz CT molecular complexity index is 503. The van der Waals surface area contributed by atoms with Crippen molar-refractivity contribution in [1.82, 2.24) is 4.90 Å². The van der Waals surface area contributed by atoms with Crippen molar-refractivity contribution in [2.45, 2.75) is 32.8 Å². The molecule has 1 heterocycles. The molecule has 0 unspecified atom stereocenters. The van der Waals surface area contributed by atoms with Gasteiger partial charge in [-0.25, -0.2) is 4.79 Å². The second-order valence-corrected chi connectivity index (χ2v) is 6.62. The molecule has 0 bridgehead atoms. The highest BCUT2D eigenvalue weighted by Gasteiger charge is 2.26. The molecular formula is C17H27N3O2. The first-order valence-corrected chi connectivity index (χ1v) is 7.91. The number of anilines is 1. The van der Waals surface area contributed by atoms with Gasteiger partial charge in [-0.3, -0.25) is 0 Å². The molecule has 1 amide bonds. The summed E-state index contributed by atoms with van der Waals surface area (Å²) in [5, 5.41) is 0. The largest absolute Gasteiger partial charge is 0.444 e. The first-order chi connectivity index (χ1) is 10.4. The number of amides is 1. The van der Waals surface area contributed by atoms with Crippen LogP contribution < -0.4 is 10.6 Å². The maximum absolute atomic E-state index is 12.1. The number of hydrogen-bond acceptors (Lipinski definition) is 4. The Kier molecular flexibility index (Phi) is 5.29. The van der Waals surface area contributed by atoms with Gasteiger partial charge in [-0.15, -0.1) is 0 Å². The van der Waals surface area contributed by atoms with Crippen LogP contribution in [0.4, 0.5) is 10.5 Å². The maximum Gasteiger partial charge on any atom is 0.410 e. The topological polar surface area (TPSA) is 58.8 Å². The zero-order chi connectivity index (χ0) is 16.2. The highest BCUT2D eigenvalue weighted by Crippen LogP contribution is 2.22. The van der Waals surface area contributed by atoms with E-state index in [1.165, 1.54) is 11.3 Å². The number of para-hydroxylation sites is 1. The number of rotatable bonds is 3. The van der Waals surface area contributed by atoms with Crippen LogP contribution in [0.5, 0.6) is 0 Å². The molecular weight excluding hydrogens is 278 g/mol. The zero-order valence-corrected chi connectivity index (χ0v) is 13.8. The first kappa shape index (κ1) is 16.6. The standard InChI is InChI=1S/C17H27N3O2/c1-17(2,3)22-16(21)20-12-10-19(11-13-20)15-7-5-4-6-14(15)8-9-18/h4-7H,8-13,18H2,1-3H3. The summed E-state index contributed by atoms with van der Waals surface area (Å²) in [5.74, 6) is 0.